The maximum Gasteiger partial charge on any atom is 0.214 e. The van der Waals surface area contributed by atoms with Gasteiger partial charge in [0.2, 0.25) is 5.16 Å². The van der Waals surface area contributed by atoms with Crippen LogP contribution in [0, 0.1) is 0 Å². The molecular formula is C19H18N6OS. The fraction of sp³-hybridized carbons (Fsp3) is 0.158. The van der Waals surface area contributed by atoms with Crippen LogP contribution in [0.25, 0.3) is 5.69 Å². The minimum Gasteiger partial charge on any atom is -0.486 e. The van der Waals surface area contributed by atoms with Crippen LogP contribution in [0.4, 0.5) is 0 Å². The molecule has 2 heterocycles. The summed E-state index contributed by atoms with van der Waals surface area (Å²) in [6.45, 7) is 0.448. The van der Waals surface area contributed by atoms with Gasteiger partial charge in [0.05, 0.1) is 5.69 Å². The standard InChI is InChI=1S/C19H18N6OS/c1-24-12-11-20-18(24)13-26-17-9-7-15(8-10-17)14-27-19-21-22-23-25(19)16-5-3-2-4-6-16/h2-12H,13-14H2,1H3. The summed E-state index contributed by atoms with van der Waals surface area (Å²) < 4.78 is 9.48. The van der Waals surface area contributed by atoms with E-state index in [0.717, 1.165) is 28.2 Å². The van der Waals surface area contributed by atoms with Gasteiger partial charge in [-0.05, 0) is 40.3 Å². The van der Waals surface area contributed by atoms with Crippen molar-refractivity contribution in [3.63, 3.8) is 0 Å². The quantitative estimate of drug-likeness (QED) is 0.460. The van der Waals surface area contributed by atoms with Gasteiger partial charge < -0.3 is 9.30 Å². The third kappa shape index (κ3) is 4.17. The summed E-state index contributed by atoms with van der Waals surface area (Å²) in [4.78, 5) is 4.25. The van der Waals surface area contributed by atoms with Gasteiger partial charge in [-0.2, -0.15) is 4.68 Å². The zero-order chi connectivity index (χ0) is 18.5. The number of aromatic nitrogens is 6. The molecule has 0 saturated carbocycles. The van der Waals surface area contributed by atoms with E-state index in [1.54, 1.807) is 22.6 Å². The van der Waals surface area contributed by atoms with E-state index in [2.05, 4.69) is 32.6 Å². The van der Waals surface area contributed by atoms with Gasteiger partial charge in [0.25, 0.3) is 0 Å². The second-order valence-corrected chi connectivity index (χ2v) is 6.83. The molecule has 0 atom stereocenters. The van der Waals surface area contributed by atoms with Crippen molar-refractivity contribution in [1.29, 1.82) is 0 Å². The van der Waals surface area contributed by atoms with E-state index in [1.165, 1.54) is 5.56 Å². The van der Waals surface area contributed by atoms with Crippen molar-refractivity contribution in [1.82, 2.24) is 29.8 Å². The summed E-state index contributed by atoms with van der Waals surface area (Å²) in [5.74, 6) is 2.48. The Morgan fingerprint density at radius 2 is 1.85 bits per heavy atom. The second kappa shape index (κ2) is 8.05. The number of ether oxygens (including phenoxy) is 1. The van der Waals surface area contributed by atoms with Gasteiger partial charge >= 0.3 is 0 Å². The first-order valence-corrected chi connectivity index (χ1v) is 9.43. The van der Waals surface area contributed by atoms with Crippen molar-refractivity contribution in [3.8, 4) is 11.4 Å². The zero-order valence-electron chi connectivity index (χ0n) is 14.8. The molecule has 4 aromatic rings. The molecule has 4 rings (SSSR count). The van der Waals surface area contributed by atoms with Gasteiger partial charge in [-0.15, -0.1) is 5.10 Å². The number of hydrogen-bond acceptors (Lipinski definition) is 6. The number of hydrogen-bond donors (Lipinski definition) is 0. The maximum atomic E-state index is 5.79. The molecule has 2 aromatic carbocycles. The van der Waals surface area contributed by atoms with Crippen LogP contribution in [0.3, 0.4) is 0 Å². The summed E-state index contributed by atoms with van der Waals surface area (Å²) in [6, 6.07) is 17.9. The first kappa shape index (κ1) is 17.3. The molecule has 0 aliphatic rings. The molecule has 7 nitrogen and oxygen atoms in total. The summed E-state index contributed by atoms with van der Waals surface area (Å²) in [5, 5.41) is 12.8. The largest absolute Gasteiger partial charge is 0.486 e. The van der Waals surface area contributed by atoms with Gasteiger partial charge in [0, 0.05) is 25.2 Å². The van der Waals surface area contributed by atoms with E-state index < -0.39 is 0 Å². The SMILES string of the molecule is Cn1ccnc1COc1ccc(CSc2nnnn2-c2ccccc2)cc1. The van der Waals surface area contributed by atoms with Gasteiger partial charge in [-0.3, -0.25) is 0 Å². The Hall–Kier alpha value is -3.13. The lowest BCUT2D eigenvalue weighted by Gasteiger charge is -2.07. The van der Waals surface area contributed by atoms with Crippen LogP contribution in [0.5, 0.6) is 5.75 Å². The van der Waals surface area contributed by atoms with Crippen LogP contribution in [-0.4, -0.2) is 29.8 Å². The van der Waals surface area contributed by atoms with Crippen molar-refractivity contribution < 1.29 is 4.74 Å². The fourth-order valence-electron chi connectivity index (χ4n) is 2.51. The first-order valence-electron chi connectivity index (χ1n) is 8.44. The molecule has 0 unspecified atom stereocenters. The molecule has 2 aromatic heterocycles. The Labute approximate surface area is 161 Å². The molecule has 0 aliphatic heterocycles. The Kier molecular flexibility index (Phi) is 5.15. The van der Waals surface area contributed by atoms with Gasteiger partial charge in [0.15, 0.2) is 0 Å². The number of benzene rings is 2. The highest BCUT2D eigenvalue weighted by Gasteiger charge is 2.09. The third-order valence-electron chi connectivity index (χ3n) is 4.02. The highest BCUT2D eigenvalue weighted by Crippen LogP contribution is 2.23. The normalized spacial score (nSPS) is 10.9. The number of para-hydroxylation sites is 1. The summed E-state index contributed by atoms with van der Waals surface area (Å²) in [6.07, 6.45) is 3.67. The summed E-state index contributed by atoms with van der Waals surface area (Å²) in [7, 11) is 1.95. The molecule has 136 valence electrons. The lowest BCUT2D eigenvalue weighted by molar-refractivity contribution is 0.292. The van der Waals surface area contributed by atoms with Crippen molar-refractivity contribution in [3.05, 3.63) is 78.4 Å². The Bertz CT molecular complexity index is 996. The van der Waals surface area contributed by atoms with Crippen LogP contribution in [0.1, 0.15) is 11.4 Å². The molecular weight excluding hydrogens is 360 g/mol. The Balaban J connectivity index is 1.36. The zero-order valence-corrected chi connectivity index (χ0v) is 15.6. The Morgan fingerprint density at radius 3 is 2.59 bits per heavy atom. The van der Waals surface area contributed by atoms with E-state index in [4.69, 9.17) is 4.74 Å². The lowest BCUT2D eigenvalue weighted by atomic mass is 10.2. The smallest absolute Gasteiger partial charge is 0.214 e. The van der Waals surface area contributed by atoms with Crippen LogP contribution in [0.15, 0.2) is 72.1 Å². The van der Waals surface area contributed by atoms with Crippen LogP contribution in [0.2, 0.25) is 0 Å². The van der Waals surface area contributed by atoms with Crippen molar-refractivity contribution in [2.45, 2.75) is 17.5 Å². The third-order valence-corrected chi connectivity index (χ3v) is 5.01. The van der Waals surface area contributed by atoms with Gasteiger partial charge in [-0.1, -0.05) is 42.1 Å². The topological polar surface area (TPSA) is 70.7 Å². The number of aryl methyl sites for hydroxylation is 1. The van der Waals surface area contributed by atoms with E-state index in [-0.39, 0.29) is 0 Å². The van der Waals surface area contributed by atoms with E-state index >= 15 is 0 Å². The summed E-state index contributed by atoms with van der Waals surface area (Å²) in [5.41, 5.74) is 2.12. The molecule has 0 radical (unpaired) electrons. The van der Waals surface area contributed by atoms with Gasteiger partial charge in [0.1, 0.15) is 18.2 Å². The lowest BCUT2D eigenvalue weighted by Crippen LogP contribution is -2.02. The average Bonchev–Trinajstić information content (AvgIpc) is 3.35. The minimum atomic E-state index is 0.448. The molecule has 0 amide bonds. The molecule has 0 N–H and O–H groups in total. The highest BCUT2D eigenvalue weighted by atomic mass is 32.2. The number of thioether (sulfide) groups is 1. The van der Waals surface area contributed by atoms with Crippen LogP contribution in [-0.2, 0) is 19.4 Å². The monoisotopic (exact) mass is 378 g/mol. The van der Waals surface area contributed by atoms with E-state index in [1.807, 2.05) is 60.3 Å². The van der Waals surface area contributed by atoms with Crippen molar-refractivity contribution in [2.75, 3.05) is 0 Å². The fourth-order valence-corrected chi connectivity index (χ4v) is 3.36. The van der Waals surface area contributed by atoms with Gasteiger partial charge in [-0.25, -0.2) is 4.98 Å². The van der Waals surface area contributed by atoms with Crippen molar-refractivity contribution in [2.24, 2.45) is 7.05 Å². The molecule has 0 aliphatic carbocycles. The first-order chi connectivity index (χ1) is 13.3. The molecule has 0 bridgehead atoms. The predicted octanol–water partition coefficient (Wildman–Crippen LogP) is 3.27. The molecule has 0 spiro atoms. The molecule has 8 heteroatoms. The maximum absolute atomic E-state index is 5.79. The molecule has 27 heavy (non-hydrogen) atoms. The molecule has 0 saturated heterocycles. The van der Waals surface area contributed by atoms with E-state index in [0.29, 0.717) is 6.61 Å². The number of tetrazole rings is 1. The summed E-state index contributed by atoms with van der Waals surface area (Å²) >= 11 is 1.59. The number of rotatable bonds is 7. The van der Waals surface area contributed by atoms with E-state index in [9.17, 15) is 0 Å². The minimum absolute atomic E-state index is 0.448. The second-order valence-electron chi connectivity index (χ2n) is 5.88. The van der Waals surface area contributed by atoms with Crippen LogP contribution < -0.4 is 4.74 Å². The van der Waals surface area contributed by atoms with Crippen LogP contribution >= 0.6 is 11.8 Å². The highest BCUT2D eigenvalue weighted by molar-refractivity contribution is 7.98. The number of nitrogens with zero attached hydrogens (tertiary/aromatic N) is 6. The number of imidazole rings is 1. The average molecular weight is 378 g/mol. The van der Waals surface area contributed by atoms with Crippen molar-refractivity contribution >= 4 is 11.8 Å². The Morgan fingerprint density at radius 1 is 1.04 bits per heavy atom. The predicted molar refractivity (Wildman–Crippen MR) is 103 cm³/mol. The molecule has 0 fully saturated rings.